The van der Waals surface area contributed by atoms with E-state index in [4.69, 9.17) is 9.47 Å². The summed E-state index contributed by atoms with van der Waals surface area (Å²) in [6, 6.07) is 4.94. The lowest BCUT2D eigenvalue weighted by Gasteiger charge is -2.08. The third-order valence-electron chi connectivity index (χ3n) is 3.65. The van der Waals surface area contributed by atoms with E-state index in [-0.39, 0.29) is 24.7 Å². The number of hydrogen-bond donors (Lipinski definition) is 1. The number of carbonyl (C=O) groups is 3. The zero-order chi connectivity index (χ0) is 18.6. The quantitative estimate of drug-likeness (QED) is 0.430. The first-order valence-corrected chi connectivity index (χ1v) is 8.45. The monoisotopic (exact) mass is 407 g/mol. The number of nitrogens with one attached hydrogen (secondary N) is 1. The van der Waals surface area contributed by atoms with Crippen LogP contribution < -0.4 is 4.74 Å². The molecule has 0 amide bonds. The van der Waals surface area contributed by atoms with Crippen LogP contribution in [0.3, 0.4) is 0 Å². The molecule has 7 heteroatoms. The number of H-pyrrole nitrogens is 1. The number of Topliss-reactive ketones (excluding diaryl/α,β-unsaturated/α-hetero) is 1. The lowest BCUT2D eigenvalue weighted by Crippen LogP contribution is -2.14. The molecule has 1 aromatic heterocycles. The normalized spacial score (nSPS) is 10.4. The highest BCUT2D eigenvalue weighted by Gasteiger charge is 2.23. The molecule has 2 rings (SSSR count). The van der Waals surface area contributed by atoms with Gasteiger partial charge in [0.05, 0.1) is 12.2 Å². The van der Waals surface area contributed by atoms with Gasteiger partial charge in [-0.25, -0.2) is 4.79 Å². The van der Waals surface area contributed by atoms with Crippen molar-refractivity contribution in [3.8, 4) is 5.75 Å². The zero-order valence-electron chi connectivity index (χ0n) is 14.1. The Morgan fingerprint density at radius 3 is 2.64 bits per heavy atom. The molecule has 0 atom stereocenters. The van der Waals surface area contributed by atoms with E-state index in [0.29, 0.717) is 34.4 Å². The molecule has 0 spiro atoms. The minimum atomic E-state index is -0.501. The smallest absolute Gasteiger partial charge is 0.355 e. The van der Waals surface area contributed by atoms with E-state index in [1.807, 2.05) is 0 Å². The van der Waals surface area contributed by atoms with Gasteiger partial charge in [-0.2, -0.15) is 0 Å². The van der Waals surface area contributed by atoms with Gasteiger partial charge in [0.1, 0.15) is 11.4 Å². The van der Waals surface area contributed by atoms with Gasteiger partial charge >= 0.3 is 5.97 Å². The molecule has 25 heavy (non-hydrogen) atoms. The lowest BCUT2D eigenvalue weighted by molar-refractivity contribution is 0.0519. The Balaban J connectivity index is 2.19. The molecule has 0 aliphatic rings. The Labute approximate surface area is 153 Å². The third-order valence-corrected chi connectivity index (χ3v) is 4.15. The van der Waals surface area contributed by atoms with Crippen LogP contribution in [0.5, 0.6) is 5.75 Å². The maximum absolute atomic E-state index is 12.5. The Morgan fingerprint density at radius 1 is 1.28 bits per heavy atom. The van der Waals surface area contributed by atoms with Gasteiger partial charge in [0.2, 0.25) is 5.78 Å². The second-order valence-corrected chi connectivity index (χ2v) is 6.27. The Kier molecular flexibility index (Phi) is 6.14. The largest absolute Gasteiger partial charge is 0.485 e. The predicted molar refractivity (Wildman–Crippen MR) is 95.6 cm³/mol. The second kappa shape index (κ2) is 8.11. The summed E-state index contributed by atoms with van der Waals surface area (Å²) in [4.78, 5) is 38.4. The van der Waals surface area contributed by atoms with Crippen LogP contribution in [0.2, 0.25) is 0 Å². The van der Waals surface area contributed by atoms with Gasteiger partial charge in [-0.1, -0.05) is 15.9 Å². The summed E-state index contributed by atoms with van der Waals surface area (Å²) in [6.07, 6.45) is 0.663. The van der Waals surface area contributed by atoms with Gasteiger partial charge < -0.3 is 14.5 Å². The summed E-state index contributed by atoms with van der Waals surface area (Å²) < 4.78 is 11.2. The van der Waals surface area contributed by atoms with Crippen LogP contribution in [0, 0.1) is 13.8 Å². The third kappa shape index (κ3) is 4.17. The van der Waals surface area contributed by atoms with Crippen molar-refractivity contribution in [3.63, 3.8) is 0 Å². The van der Waals surface area contributed by atoms with Crippen molar-refractivity contribution in [1.82, 2.24) is 4.98 Å². The van der Waals surface area contributed by atoms with Gasteiger partial charge in [0.25, 0.3) is 0 Å². The zero-order valence-corrected chi connectivity index (χ0v) is 15.7. The van der Waals surface area contributed by atoms with Crippen LogP contribution >= 0.6 is 15.9 Å². The van der Waals surface area contributed by atoms with E-state index in [2.05, 4.69) is 20.9 Å². The summed E-state index contributed by atoms with van der Waals surface area (Å²) in [7, 11) is 0. The van der Waals surface area contributed by atoms with Crippen molar-refractivity contribution in [2.75, 3.05) is 13.2 Å². The molecule has 132 valence electrons. The first kappa shape index (κ1) is 18.9. The van der Waals surface area contributed by atoms with E-state index in [9.17, 15) is 14.4 Å². The van der Waals surface area contributed by atoms with Crippen molar-refractivity contribution in [3.05, 3.63) is 50.8 Å². The SMILES string of the molecule is CCOC(=O)c1[nH]c(C)c(C(=O)COc2ccc(Br)cc2C=O)c1C. The topological polar surface area (TPSA) is 85.5 Å². The Morgan fingerprint density at radius 2 is 2.00 bits per heavy atom. The summed E-state index contributed by atoms with van der Waals surface area (Å²) in [5, 5.41) is 0. The highest BCUT2D eigenvalue weighted by Crippen LogP contribution is 2.23. The maximum Gasteiger partial charge on any atom is 0.355 e. The first-order valence-electron chi connectivity index (χ1n) is 7.66. The number of hydrogen-bond acceptors (Lipinski definition) is 5. The fourth-order valence-electron chi connectivity index (χ4n) is 2.53. The number of rotatable bonds is 7. The van der Waals surface area contributed by atoms with Crippen LogP contribution in [0.25, 0.3) is 0 Å². The Hall–Kier alpha value is -2.41. The second-order valence-electron chi connectivity index (χ2n) is 5.36. The molecule has 1 aromatic carbocycles. The number of ether oxygens (including phenoxy) is 2. The number of halogens is 1. The Bertz CT molecular complexity index is 825. The number of benzene rings is 1. The van der Waals surface area contributed by atoms with Gasteiger partial charge in [-0.3, -0.25) is 9.59 Å². The average molecular weight is 408 g/mol. The molecule has 0 unspecified atom stereocenters. The van der Waals surface area contributed by atoms with Crippen molar-refractivity contribution in [2.45, 2.75) is 20.8 Å². The van der Waals surface area contributed by atoms with Crippen molar-refractivity contribution >= 4 is 34.0 Å². The lowest BCUT2D eigenvalue weighted by atomic mass is 10.1. The molecule has 0 saturated heterocycles. The first-order chi connectivity index (χ1) is 11.9. The summed E-state index contributed by atoms with van der Waals surface area (Å²) in [5.74, 6) is -0.469. The molecule has 0 bridgehead atoms. The maximum atomic E-state index is 12.5. The summed E-state index contributed by atoms with van der Waals surface area (Å²) in [5.41, 5.74) is 2.10. The standard InChI is InChI=1S/C18H18BrNO5/c1-4-24-18(23)17-10(2)16(11(3)20-17)14(22)9-25-15-6-5-13(19)7-12(15)8-21/h5-8,20H,4,9H2,1-3H3. The number of aryl methyl sites for hydroxylation is 1. The molecule has 0 fully saturated rings. The molecule has 1 N–H and O–H groups in total. The van der Waals surface area contributed by atoms with E-state index in [1.165, 1.54) is 0 Å². The number of esters is 1. The van der Waals surface area contributed by atoms with Crippen LogP contribution in [0.4, 0.5) is 0 Å². The molecule has 6 nitrogen and oxygen atoms in total. The number of carbonyl (C=O) groups excluding carboxylic acids is 3. The minimum absolute atomic E-state index is 0.246. The fraction of sp³-hybridized carbons (Fsp3) is 0.278. The van der Waals surface area contributed by atoms with Gasteiger partial charge in [0, 0.05) is 15.7 Å². The van der Waals surface area contributed by atoms with Gasteiger partial charge in [-0.15, -0.1) is 0 Å². The van der Waals surface area contributed by atoms with Crippen molar-refractivity contribution in [2.24, 2.45) is 0 Å². The molecule has 1 heterocycles. The molecule has 0 saturated carbocycles. The molecule has 2 aromatic rings. The molecular weight excluding hydrogens is 390 g/mol. The van der Waals surface area contributed by atoms with E-state index >= 15 is 0 Å². The van der Waals surface area contributed by atoms with Crippen molar-refractivity contribution < 1.29 is 23.9 Å². The van der Waals surface area contributed by atoms with Crippen LogP contribution in [-0.4, -0.2) is 36.2 Å². The van der Waals surface area contributed by atoms with Gasteiger partial charge in [0.15, 0.2) is 12.9 Å². The van der Waals surface area contributed by atoms with E-state index in [1.54, 1.807) is 39.0 Å². The predicted octanol–water partition coefficient (Wildman–Crippen LogP) is 3.64. The number of aromatic amines is 1. The fourth-order valence-corrected chi connectivity index (χ4v) is 2.91. The molecule has 0 aliphatic carbocycles. The summed E-state index contributed by atoms with van der Waals surface area (Å²) in [6.45, 7) is 5.11. The van der Waals surface area contributed by atoms with Crippen LogP contribution in [0.1, 0.15) is 49.4 Å². The van der Waals surface area contributed by atoms with Crippen molar-refractivity contribution in [1.29, 1.82) is 0 Å². The molecule has 0 aliphatic heterocycles. The highest BCUT2D eigenvalue weighted by atomic mass is 79.9. The summed E-state index contributed by atoms with van der Waals surface area (Å²) >= 11 is 3.27. The molecule has 0 radical (unpaired) electrons. The number of ketones is 1. The van der Waals surface area contributed by atoms with E-state index in [0.717, 1.165) is 4.47 Å². The minimum Gasteiger partial charge on any atom is -0.485 e. The average Bonchev–Trinajstić information content (AvgIpc) is 2.88. The number of aromatic nitrogens is 1. The molecular formula is C18H18BrNO5. The van der Waals surface area contributed by atoms with Crippen LogP contribution in [0.15, 0.2) is 22.7 Å². The van der Waals surface area contributed by atoms with Gasteiger partial charge in [-0.05, 0) is 44.5 Å². The highest BCUT2D eigenvalue weighted by molar-refractivity contribution is 9.10. The van der Waals surface area contributed by atoms with Crippen LogP contribution in [-0.2, 0) is 4.74 Å². The number of aldehydes is 1. The van der Waals surface area contributed by atoms with E-state index < -0.39 is 5.97 Å².